The Morgan fingerprint density at radius 2 is 1.48 bits per heavy atom. The highest BCUT2D eigenvalue weighted by Gasteiger charge is 2.29. The first-order valence-electron chi connectivity index (χ1n) is 6.76. The van der Waals surface area contributed by atoms with Crippen molar-refractivity contribution in [3.05, 3.63) is 29.0 Å². The fraction of sp³-hybridized carbons (Fsp3) is 0.429. The van der Waals surface area contributed by atoms with E-state index in [-0.39, 0.29) is 31.5 Å². The largest absolute Gasteiger partial charge is 0.478 e. The molecule has 0 saturated heterocycles. The van der Waals surface area contributed by atoms with E-state index in [0.29, 0.717) is 21.8 Å². The van der Waals surface area contributed by atoms with Crippen LogP contribution in [0.15, 0.2) is 17.9 Å². The van der Waals surface area contributed by atoms with Gasteiger partial charge in [-0.1, -0.05) is 31.9 Å². The summed E-state index contributed by atoms with van der Waals surface area (Å²) in [5.41, 5.74) is -0.373. The van der Waals surface area contributed by atoms with Crippen LogP contribution in [0.2, 0.25) is 0 Å². The molecule has 1 aromatic carbocycles. The molecule has 25 heavy (non-hydrogen) atoms. The number of hydrogen-bond donors (Lipinski definition) is 2. The number of ether oxygens (including phenoxy) is 1. The van der Waals surface area contributed by atoms with Crippen molar-refractivity contribution in [1.29, 1.82) is 0 Å². The topological polar surface area (TPSA) is 83.8 Å². The number of aliphatic hydroxyl groups is 1. The van der Waals surface area contributed by atoms with E-state index >= 15 is 0 Å². The maximum atomic E-state index is 12.4. The second kappa shape index (κ2) is 11.1. The molecule has 0 saturated carbocycles. The third kappa shape index (κ3) is 6.53. The lowest BCUT2D eigenvalue weighted by atomic mass is 10.1. The highest BCUT2D eigenvalue weighted by atomic mass is 79.9. The van der Waals surface area contributed by atoms with E-state index in [1.165, 1.54) is 0 Å². The molecule has 0 fully saturated rings. The van der Waals surface area contributed by atoms with Gasteiger partial charge < -0.3 is 14.9 Å². The Bertz CT molecular complexity index is 666. The smallest absolute Gasteiger partial charge is 0.340 e. The number of halogens is 6. The summed E-state index contributed by atoms with van der Waals surface area (Å²) in [5, 5.41) is 20.1. The van der Waals surface area contributed by atoms with Gasteiger partial charge in [0.2, 0.25) is 0 Å². The van der Waals surface area contributed by atoms with Crippen molar-refractivity contribution in [3.63, 3.8) is 0 Å². The summed E-state index contributed by atoms with van der Waals surface area (Å²) in [6.07, 6.45) is 0.302. The number of carboxylic acids is 1. The number of rotatable bonds is 8. The van der Waals surface area contributed by atoms with Crippen molar-refractivity contribution >= 4 is 108 Å². The van der Waals surface area contributed by atoms with Gasteiger partial charge in [0.15, 0.2) is 0 Å². The van der Waals surface area contributed by atoms with Crippen molar-refractivity contribution in [3.8, 4) is 0 Å². The highest BCUT2D eigenvalue weighted by molar-refractivity contribution is 9.15. The lowest BCUT2D eigenvalue weighted by Gasteiger charge is -2.16. The Balaban J connectivity index is 2.97. The van der Waals surface area contributed by atoms with Crippen LogP contribution in [0, 0.1) is 0 Å². The van der Waals surface area contributed by atoms with Gasteiger partial charge in [0, 0.05) is 28.0 Å². The number of alkyl halides is 2. The van der Waals surface area contributed by atoms with Crippen molar-refractivity contribution in [2.45, 2.75) is 23.8 Å². The van der Waals surface area contributed by atoms with Gasteiger partial charge in [-0.2, -0.15) is 0 Å². The average molecular weight is 740 g/mol. The van der Waals surface area contributed by atoms with Gasteiger partial charge in [-0.15, -0.1) is 0 Å². The van der Waals surface area contributed by atoms with E-state index in [9.17, 15) is 19.8 Å². The summed E-state index contributed by atoms with van der Waals surface area (Å²) >= 11 is 19.7. The summed E-state index contributed by atoms with van der Waals surface area (Å²) in [6, 6.07) is 0. The molecular weight excluding hydrogens is 728 g/mol. The molecule has 2 atom stereocenters. The van der Waals surface area contributed by atoms with Gasteiger partial charge in [-0.25, -0.2) is 9.59 Å². The SMILES string of the molecule is O=C(O)c1c(Br)c(Br)c(Br)c(Br)c1C(=O)OCC(O)CCC(Br)CBr. The fourth-order valence-electron chi connectivity index (χ4n) is 1.80. The van der Waals surface area contributed by atoms with Gasteiger partial charge in [-0.3, -0.25) is 0 Å². The molecule has 0 aliphatic heterocycles. The molecule has 5 nitrogen and oxygen atoms in total. The Kier molecular flexibility index (Phi) is 10.7. The van der Waals surface area contributed by atoms with Crippen LogP contribution in [0.3, 0.4) is 0 Å². The van der Waals surface area contributed by atoms with Crippen LogP contribution in [0.4, 0.5) is 0 Å². The van der Waals surface area contributed by atoms with E-state index in [0.717, 1.165) is 5.33 Å². The van der Waals surface area contributed by atoms with Gasteiger partial charge in [0.25, 0.3) is 0 Å². The van der Waals surface area contributed by atoms with Crippen LogP contribution in [0.25, 0.3) is 0 Å². The fourth-order valence-corrected chi connectivity index (χ4v) is 4.84. The normalized spacial score (nSPS) is 13.4. The standard InChI is InChI=1S/C14H12Br6O5/c15-3-5(16)1-2-6(21)4-25-14(24)8-7(13(22)23)9(17)11(19)12(20)10(8)18/h5-6,21H,1-4H2,(H,22,23). The molecule has 2 unspecified atom stereocenters. The number of carbonyl (C=O) groups excluding carboxylic acids is 1. The summed E-state index contributed by atoms with van der Waals surface area (Å²) in [6.45, 7) is -0.225. The molecule has 0 spiro atoms. The van der Waals surface area contributed by atoms with E-state index < -0.39 is 18.0 Å². The molecule has 0 aliphatic rings. The molecule has 11 heteroatoms. The molecule has 1 rings (SSSR count). The molecule has 1 aromatic rings. The number of carbonyl (C=O) groups is 2. The molecule has 0 heterocycles. The first kappa shape index (κ1) is 24.0. The number of benzene rings is 1. The zero-order valence-electron chi connectivity index (χ0n) is 12.4. The van der Waals surface area contributed by atoms with Gasteiger partial charge in [0.1, 0.15) is 6.61 Å². The molecular formula is C14H12Br6O5. The molecule has 0 radical (unpaired) electrons. The minimum absolute atomic E-state index is 0.138. The van der Waals surface area contributed by atoms with Crippen LogP contribution in [-0.2, 0) is 4.74 Å². The van der Waals surface area contributed by atoms with Crippen molar-refractivity contribution < 1.29 is 24.5 Å². The summed E-state index contributed by atoms with van der Waals surface area (Å²) in [7, 11) is 0. The summed E-state index contributed by atoms with van der Waals surface area (Å²) in [5.74, 6) is -2.12. The number of aromatic carboxylic acids is 1. The van der Waals surface area contributed by atoms with E-state index in [1.807, 2.05) is 0 Å². The molecule has 0 amide bonds. The van der Waals surface area contributed by atoms with E-state index in [2.05, 4.69) is 95.6 Å². The van der Waals surface area contributed by atoms with Crippen LogP contribution in [-0.4, -0.2) is 45.0 Å². The van der Waals surface area contributed by atoms with Crippen molar-refractivity contribution in [1.82, 2.24) is 0 Å². The Morgan fingerprint density at radius 3 is 1.96 bits per heavy atom. The third-order valence-corrected chi connectivity index (χ3v) is 10.3. The summed E-state index contributed by atoms with van der Waals surface area (Å²) < 4.78 is 6.49. The predicted octanol–water partition coefficient (Wildman–Crippen LogP) is 5.89. The Hall–Kier alpha value is 1.000. The molecule has 0 aromatic heterocycles. The zero-order chi connectivity index (χ0) is 19.3. The second-order valence-corrected chi connectivity index (χ2v) is 10.0. The monoisotopic (exact) mass is 734 g/mol. The van der Waals surface area contributed by atoms with Crippen LogP contribution >= 0.6 is 95.6 Å². The van der Waals surface area contributed by atoms with Gasteiger partial charge in [-0.05, 0) is 76.6 Å². The third-order valence-electron chi connectivity index (χ3n) is 3.07. The molecule has 0 bridgehead atoms. The van der Waals surface area contributed by atoms with Crippen LogP contribution in [0.1, 0.15) is 33.6 Å². The molecule has 140 valence electrons. The minimum Gasteiger partial charge on any atom is -0.478 e. The Morgan fingerprint density at radius 1 is 0.960 bits per heavy atom. The average Bonchev–Trinajstić information content (AvgIpc) is 2.57. The second-order valence-electron chi connectivity index (χ2n) is 4.89. The highest BCUT2D eigenvalue weighted by Crippen LogP contribution is 2.42. The maximum absolute atomic E-state index is 12.4. The minimum atomic E-state index is -1.28. The van der Waals surface area contributed by atoms with Crippen molar-refractivity contribution in [2.75, 3.05) is 11.9 Å². The lowest BCUT2D eigenvalue weighted by molar-refractivity contribution is 0.0230. The number of hydrogen-bond acceptors (Lipinski definition) is 4. The lowest BCUT2D eigenvalue weighted by Crippen LogP contribution is -2.22. The number of esters is 1. The predicted molar refractivity (Wildman–Crippen MR) is 116 cm³/mol. The summed E-state index contributed by atoms with van der Waals surface area (Å²) in [4.78, 5) is 24.2. The zero-order valence-corrected chi connectivity index (χ0v) is 21.9. The number of aliphatic hydroxyl groups excluding tert-OH is 1. The van der Waals surface area contributed by atoms with Gasteiger partial charge in [0.05, 0.1) is 17.2 Å². The molecule has 2 N–H and O–H groups in total. The first-order valence-corrected chi connectivity index (χ1v) is 12.0. The molecule has 0 aliphatic carbocycles. The van der Waals surface area contributed by atoms with Crippen LogP contribution < -0.4 is 0 Å². The van der Waals surface area contributed by atoms with E-state index in [4.69, 9.17) is 4.74 Å². The maximum Gasteiger partial charge on any atom is 0.340 e. The first-order chi connectivity index (χ1) is 11.6. The van der Waals surface area contributed by atoms with E-state index in [1.54, 1.807) is 0 Å². The van der Waals surface area contributed by atoms with Crippen molar-refractivity contribution in [2.24, 2.45) is 0 Å². The number of carboxylic acid groups (broad SMARTS) is 1. The van der Waals surface area contributed by atoms with Gasteiger partial charge >= 0.3 is 11.9 Å². The Labute approximate surface area is 195 Å². The quantitative estimate of drug-likeness (QED) is 0.151. The van der Waals surface area contributed by atoms with Crippen LogP contribution in [0.5, 0.6) is 0 Å².